The van der Waals surface area contributed by atoms with Crippen molar-refractivity contribution >= 4 is 11.5 Å². The van der Waals surface area contributed by atoms with Crippen LogP contribution in [0.4, 0.5) is 11.5 Å². The van der Waals surface area contributed by atoms with Crippen molar-refractivity contribution in [3.05, 3.63) is 12.5 Å². The fourth-order valence-corrected chi connectivity index (χ4v) is 1.31. The Labute approximate surface area is 94.7 Å². The fourth-order valence-electron chi connectivity index (χ4n) is 1.31. The minimum absolute atomic E-state index is 0.424. The standard InChI is InChI=1S/C10H15N5O/c1-16-6-5-15(4-2-3-11)10-9(12)7-13-8-14-10/h7-8H,2,4-6,12H2,1H3. The number of rotatable bonds is 6. The zero-order valence-corrected chi connectivity index (χ0v) is 9.26. The molecule has 0 radical (unpaired) electrons. The number of anilines is 2. The van der Waals surface area contributed by atoms with Gasteiger partial charge in [0.25, 0.3) is 0 Å². The summed E-state index contributed by atoms with van der Waals surface area (Å²) in [5, 5.41) is 8.58. The van der Waals surface area contributed by atoms with Gasteiger partial charge < -0.3 is 15.4 Å². The highest BCUT2D eigenvalue weighted by molar-refractivity contribution is 5.60. The summed E-state index contributed by atoms with van der Waals surface area (Å²) in [6, 6.07) is 2.10. The molecule has 1 rings (SSSR count). The molecule has 16 heavy (non-hydrogen) atoms. The predicted octanol–water partition coefficient (Wildman–Crippen LogP) is 0.425. The summed E-state index contributed by atoms with van der Waals surface area (Å²) >= 11 is 0. The van der Waals surface area contributed by atoms with Crippen molar-refractivity contribution in [1.29, 1.82) is 5.26 Å². The van der Waals surface area contributed by atoms with Crippen LogP contribution in [0.3, 0.4) is 0 Å². The van der Waals surface area contributed by atoms with Crippen LogP contribution in [-0.4, -0.2) is 36.8 Å². The molecule has 6 heteroatoms. The molecule has 0 saturated heterocycles. The van der Waals surface area contributed by atoms with Crippen molar-refractivity contribution in [2.75, 3.05) is 37.4 Å². The molecule has 0 aliphatic rings. The van der Waals surface area contributed by atoms with Crippen molar-refractivity contribution in [1.82, 2.24) is 9.97 Å². The van der Waals surface area contributed by atoms with Gasteiger partial charge in [0.2, 0.25) is 0 Å². The molecule has 0 unspecified atom stereocenters. The highest BCUT2D eigenvalue weighted by Gasteiger charge is 2.10. The Morgan fingerprint density at radius 3 is 3.00 bits per heavy atom. The largest absolute Gasteiger partial charge is 0.394 e. The molecule has 0 bridgehead atoms. The highest BCUT2D eigenvalue weighted by Crippen LogP contribution is 2.17. The van der Waals surface area contributed by atoms with E-state index < -0.39 is 0 Å². The van der Waals surface area contributed by atoms with Crippen molar-refractivity contribution in [2.24, 2.45) is 0 Å². The lowest BCUT2D eigenvalue weighted by Crippen LogP contribution is -2.29. The van der Waals surface area contributed by atoms with Crippen LogP contribution in [0.25, 0.3) is 0 Å². The molecule has 0 amide bonds. The molecule has 0 fully saturated rings. The van der Waals surface area contributed by atoms with Gasteiger partial charge in [-0.1, -0.05) is 0 Å². The van der Waals surface area contributed by atoms with Crippen LogP contribution in [0.2, 0.25) is 0 Å². The van der Waals surface area contributed by atoms with E-state index in [-0.39, 0.29) is 0 Å². The summed E-state index contributed by atoms with van der Waals surface area (Å²) < 4.78 is 5.00. The van der Waals surface area contributed by atoms with E-state index in [1.54, 1.807) is 13.3 Å². The van der Waals surface area contributed by atoms with Crippen LogP contribution < -0.4 is 10.6 Å². The number of methoxy groups -OCH3 is 1. The smallest absolute Gasteiger partial charge is 0.155 e. The Kier molecular flexibility index (Phi) is 5.02. The number of aromatic nitrogens is 2. The third kappa shape index (κ3) is 3.37. The van der Waals surface area contributed by atoms with E-state index in [1.165, 1.54) is 6.33 Å². The average molecular weight is 221 g/mol. The van der Waals surface area contributed by atoms with Gasteiger partial charge in [-0.05, 0) is 0 Å². The fraction of sp³-hybridized carbons (Fsp3) is 0.500. The molecule has 0 saturated carbocycles. The third-order valence-electron chi connectivity index (χ3n) is 2.08. The zero-order valence-electron chi connectivity index (χ0n) is 9.26. The zero-order chi connectivity index (χ0) is 11.8. The maximum Gasteiger partial charge on any atom is 0.155 e. The van der Waals surface area contributed by atoms with Crippen LogP contribution in [-0.2, 0) is 4.74 Å². The maximum absolute atomic E-state index is 8.58. The predicted molar refractivity (Wildman–Crippen MR) is 60.8 cm³/mol. The normalized spacial score (nSPS) is 9.75. The Hall–Kier alpha value is -1.87. The summed E-state index contributed by atoms with van der Waals surface area (Å²) in [6.07, 6.45) is 3.42. The van der Waals surface area contributed by atoms with Gasteiger partial charge in [0.05, 0.1) is 31.0 Å². The molecule has 0 aromatic carbocycles. The summed E-state index contributed by atoms with van der Waals surface area (Å²) in [6.45, 7) is 1.80. The number of nitrogens with zero attached hydrogens (tertiary/aromatic N) is 4. The molecule has 6 nitrogen and oxygen atoms in total. The van der Waals surface area contributed by atoms with Crippen molar-refractivity contribution < 1.29 is 4.74 Å². The average Bonchev–Trinajstić information content (AvgIpc) is 2.31. The number of nitrogens with two attached hydrogens (primary N) is 1. The number of hydrogen-bond donors (Lipinski definition) is 1. The van der Waals surface area contributed by atoms with Crippen LogP contribution in [0.15, 0.2) is 12.5 Å². The molecule has 0 aliphatic heterocycles. The van der Waals surface area contributed by atoms with Gasteiger partial charge in [-0.25, -0.2) is 9.97 Å². The first-order chi connectivity index (χ1) is 7.79. The van der Waals surface area contributed by atoms with Crippen LogP contribution >= 0.6 is 0 Å². The van der Waals surface area contributed by atoms with Crippen LogP contribution in [0.5, 0.6) is 0 Å². The van der Waals surface area contributed by atoms with Crippen molar-refractivity contribution in [3.63, 3.8) is 0 Å². The quantitative estimate of drug-likeness (QED) is 0.749. The third-order valence-corrected chi connectivity index (χ3v) is 2.08. The lowest BCUT2D eigenvalue weighted by molar-refractivity contribution is 0.205. The summed E-state index contributed by atoms with van der Waals surface area (Å²) in [7, 11) is 1.63. The molecule has 0 spiro atoms. The Bertz CT molecular complexity index is 362. The first kappa shape index (κ1) is 12.2. The Balaban J connectivity index is 2.75. The van der Waals surface area contributed by atoms with Crippen LogP contribution in [0, 0.1) is 11.3 Å². The van der Waals surface area contributed by atoms with E-state index in [4.69, 9.17) is 15.7 Å². The lowest BCUT2D eigenvalue weighted by atomic mass is 10.3. The summed E-state index contributed by atoms with van der Waals surface area (Å²) in [5.41, 5.74) is 6.29. The van der Waals surface area contributed by atoms with E-state index in [0.717, 1.165) is 0 Å². The number of nitriles is 1. The first-order valence-electron chi connectivity index (χ1n) is 4.96. The molecular weight excluding hydrogens is 206 g/mol. The van der Waals surface area contributed by atoms with E-state index in [9.17, 15) is 0 Å². The lowest BCUT2D eigenvalue weighted by Gasteiger charge is -2.23. The highest BCUT2D eigenvalue weighted by atomic mass is 16.5. The molecule has 2 N–H and O–H groups in total. The van der Waals surface area contributed by atoms with E-state index >= 15 is 0 Å². The maximum atomic E-state index is 8.58. The van der Waals surface area contributed by atoms with E-state index in [0.29, 0.717) is 37.6 Å². The van der Waals surface area contributed by atoms with E-state index in [1.807, 2.05) is 4.90 Å². The summed E-state index contributed by atoms with van der Waals surface area (Å²) in [4.78, 5) is 9.86. The van der Waals surface area contributed by atoms with Crippen molar-refractivity contribution in [3.8, 4) is 6.07 Å². The topological polar surface area (TPSA) is 88.1 Å². The molecule has 1 heterocycles. The van der Waals surface area contributed by atoms with Gasteiger partial charge in [-0.2, -0.15) is 5.26 Å². The van der Waals surface area contributed by atoms with Gasteiger partial charge in [-0.3, -0.25) is 0 Å². The Morgan fingerprint density at radius 2 is 2.38 bits per heavy atom. The molecule has 0 aliphatic carbocycles. The van der Waals surface area contributed by atoms with Gasteiger partial charge in [0, 0.05) is 20.2 Å². The molecule has 1 aromatic heterocycles. The second-order valence-electron chi connectivity index (χ2n) is 3.19. The monoisotopic (exact) mass is 221 g/mol. The number of ether oxygens (including phenoxy) is 1. The van der Waals surface area contributed by atoms with Crippen LogP contribution in [0.1, 0.15) is 6.42 Å². The second-order valence-corrected chi connectivity index (χ2v) is 3.19. The second kappa shape index (κ2) is 6.58. The van der Waals surface area contributed by atoms with Gasteiger partial charge in [0.1, 0.15) is 6.33 Å². The summed E-state index contributed by atoms with van der Waals surface area (Å²) in [5.74, 6) is 0.655. The minimum atomic E-state index is 0.424. The van der Waals surface area contributed by atoms with Crippen molar-refractivity contribution in [2.45, 2.75) is 6.42 Å². The number of hydrogen-bond acceptors (Lipinski definition) is 6. The minimum Gasteiger partial charge on any atom is -0.394 e. The first-order valence-corrected chi connectivity index (χ1v) is 4.96. The molecular formula is C10H15N5O. The Morgan fingerprint density at radius 1 is 1.56 bits per heavy atom. The molecule has 86 valence electrons. The van der Waals surface area contributed by atoms with Gasteiger partial charge in [-0.15, -0.1) is 0 Å². The van der Waals surface area contributed by atoms with E-state index in [2.05, 4.69) is 16.0 Å². The van der Waals surface area contributed by atoms with Gasteiger partial charge >= 0.3 is 0 Å². The molecule has 1 aromatic rings. The SMILES string of the molecule is COCCN(CCC#N)c1ncncc1N. The molecule has 0 atom stereocenters. The van der Waals surface area contributed by atoms with Gasteiger partial charge in [0.15, 0.2) is 5.82 Å². The number of nitrogen functional groups attached to an aromatic ring is 1.